The van der Waals surface area contributed by atoms with Crippen LogP contribution in [0.3, 0.4) is 0 Å². The number of nitrogens with one attached hydrogen (secondary N) is 1. The minimum Gasteiger partial charge on any atom is -0.307 e. The summed E-state index contributed by atoms with van der Waals surface area (Å²) in [4.78, 5) is 12.7. The molecular weight excluding hydrogens is 364 g/mol. The normalized spacial score (nSPS) is 18.8. The Morgan fingerprint density at radius 2 is 2.07 bits per heavy atom. The fraction of sp³-hybridized carbons (Fsp3) is 0.421. The standard InChI is InChI=1S/C19H22N4O3S/c1-19(2,3)16-10-17(23(22-16)15-7-8-27(25,26)12-15)21-18(24)14-6-4-5-13(9-14)11-20/h4-6,9-10,15H,7-8,12H2,1-3H3,(H,21,24)/t15-/m1/s1. The van der Waals surface area contributed by atoms with E-state index in [2.05, 4.69) is 10.4 Å². The van der Waals surface area contributed by atoms with Gasteiger partial charge in [-0.3, -0.25) is 4.79 Å². The zero-order valence-corrected chi connectivity index (χ0v) is 16.4. The number of rotatable bonds is 3. The number of aromatic nitrogens is 2. The van der Waals surface area contributed by atoms with Crippen LogP contribution in [0.25, 0.3) is 0 Å². The van der Waals surface area contributed by atoms with E-state index in [-0.39, 0.29) is 28.9 Å². The second-order valence-electron chi connectivity index (χ2n) is 7.81. The lowest BCUT2D eigenvalue weighted by Gasteiger charge is -2.15. The van der Waals surface area contributed by atoms with E-state index in [4.69, 9.17) is 5.26 Å². The molecule has 3 rings (SSSR count). The molecule has 27 heavy (non-hydrogen) atoms. The molecule has 2 heterocycles. The van der Waals surface area contributed by atoms with Crippen molar-refractivity contribution >= 4 is 21.6 Å². The van der Waals surface area contributed by atoms with Crippen LogP contribution in [-0.2, 0) is 15.3 Å². The molecule has 8 heteroatoms. The lowest BCUT2D eigenvalue weighted by molar-refractivity contribution is 0.102. The van der Waals surface area contributed by atoms with Crippen molar-refractivity contribution in [3.05, 3.63) is 47.2 Å². The highest BCUT2D eigenvalue weighted by Gasteiger charge is 2.33. The first-order valence-corrected chi connectivity index (χ1v) is 10.5. The number of carbonyl (C=O) groups excluding carboxylic acids is 1. The van der Waals surface area contributed by atoms with Crippen LogP contribution < -0.4 is 5.32 Å². The van der Waals surface area contributed by atoms with Gasteiger partial charge < -0.3 is 5.32 Å². The molecule has 0 unspecified atom stereocenters. The average Bonchev–Trinajstić information content (AvgIpc) is 3.17. The molecule has 0 bridgehead atoms. The number of anilines is 1. The van der Waals surface area contributed by atoms with E-state index in [0.717, 1.165) is 5.69 Å². The molecule has 1 atom stereocenters. The summed E-state index contributed by atoms with van der Waals surface area (Å²) in [6.45, 7) is 6.02. The van der Waals surface area contributed by atoms with E-state index < -0.39 is 9.84 Å². The third-order valence-corrected chi connectivity index (χ3v) is 6.30. The molecule has 1 saturated heterocycles. The van der Waals surface area contributed by atoms with Crippen LogP contribution in [0, 0.1) is 11.3 Å². The van der Waals surface area contributed by atoms with Gasteiger partial charge in [0.05, 0.1) is 34.9 Å². The van der Waals surface area contributed by atoms with Crippen molar-refractivity contribution in [2.24, 2.45) is 0 Å². The van der Waals surface area contributed by atoms with Gasteiger partial charge in [0, 0.05) is 17.0 Å². The summed E-state index contributed by atoms with van der Waals surface area (Å²) in [6.07, 6.45) is 0.473. The van der Waals surface area contributed by atoms with Crippen molar-refractivity contribution in [2.75, 3.05) is 16.8 Å². The third kappa shape index (κ3) is 4.19. The molecule has 1 aliphatic heterocycles. The monoisotopic (exact) mass is 386 g/mol. The zero-order valence-electron chi connectivity index (χ0n) is 15.6. The van der Waals surface area contributed by atoms with Crippen LogP contribution in [0.15, 0.2) is 30.3 Å². The first-order chi connectivity index (χ1) is 12.6. The maximum Gasteiger partial charge on any atom is 0.256 e. The van der Waals surface area contributed by atoms with Crippen molar-refractivity contribution in [1.82, 2.24) is 9.78 Å². The first-order valence-electron chi connectivity index (χ1n) is 8.71. The first kappa shape index (κ1) is 19.1. The van der Waals surface area contributed by atoms with Gasteiger partial charge in [-0.15, -0.1) is 0 Å². The van der Waals surface area contributed by atoms with Crippen LogP contribution in [0.4, 0.5) is 5.82 Å². The Bertz CT molecular complexity index is 1030. The number of amides is 1. The van der Waals surface area contributed by atoms with Gasteiger partial charge in [0.1, 0.15) is 5.82 Å². The number of hydrogen-bond donors (Lipinski definition) is 1. The van der Waals surface area contributed by atoms with Gasteiger partial charge in [-0.2, -0.15) is 10.4 Å². The van der Waals surface area contributed by atoms with E-state index in [1.165, 1.54) is 6.07 Å². The number of sulfone groups is 1. The Hall–Kier alpha value is -2.66. The molecule has 1 fully saturated rings. The molecule has 1 amide bonds. The Balaban J connectivity index is 1.95. The molecule has 142 valence electrons. The predicted molar refractivity (Wildman–Crippen MR) is 102 cm³/mol. The molecule has 1 aliphatic rings. The van der Waals surface area contributed by atoms with Crippen LogP contribution in [0.5, 0.6) is 0 Å². The highest BCUT2D eigenvalue weighted by molar-refractivity contribution is 7.91. The smallest absolute Gasteiger partial charge is 0.256 e. The number of carbonyl (C=O) groups is 1. The number of benzene rings is 1. The molecule has 0 aliphatic carbocycles. The summed E-state index contributed by atoms with van der Waals surface area (Å²) in [5, 5.41) is 16.4. The summed E-state index contributed by atoms with van der Waals surface area (Å²) >= 11 is 0. The maximum atomic E-state index is 12.7. The number of nitrogens with zero attached hydrogens (tertiary/aromatic N) is 3. The highest BCUT2D eigenvalue weighted by atomic mass is 32.2. The molecule has 2 aromatic rings. The summed E-state index contributed by atoms with van der Waals surface area (Å²) < 4.78 is 25.4. The molecule has 1 N–H and O–H groups in total. The Kier molecular flexibility index (Phi) is 4.82. The molecule has 7 nitrogen and oxygen atoms in total. The topological polar surface area (TPSA) is 105 Å². The zero-order chi connectivity index (χ0) is 19.8. The van der Waals surface area contributed by atoms with Crippen LogP contribution in [0.2, 0.25) is 0 Å². The Morgan fingerprint density at radius 1 is 1.33 bits per heavy atom. The highest BCUT2D eigenvalue weighted by Crippen LogP contribution is 2.31. The Morgan fingerprint density at radius 3 is 2.67 bits per heavy atom. The fourth-order valence-electron chi connectivity index (χ4n) is 3.02. The molecule has 0 saturated carbocycles. The summed E-state index contributed by atoms with van der Waals surface area (Å²) in [5.41, 5.74) is 1.28. The fourth-order valence-corrected chi connectivity index (χ4v) is 4.71. The van der Waals surface area contributed by atoms with Gasteiger partial charge in [-0.05, 0) is 24.6 Å². The largest absolute Gasteiger partial charge is 0.307 e. The quantitative estimate of drug-likeness (QED) is 0.873. The van der Waals surface area contributed by atoms with Crippen molar-refractivity contribution in [2.45, 2.75) is 38.6 Å². The molecule has 1 aromatic heterocycles. The summed E-state index contributed by atoms with van der Waals surface area (Å²) in [7, 11) is -3.09. The molecular formula is C19H22N4O3S. The van der Waals surface area contributed by atoms with Crippen molar-refractivity contribution in [3.63, 3.8) is 0 Å². The molecule has 0 radical (unpaired) electrons. The van der Waals surface area contributed by atoms with Gasteiger partial charge >= 0.3 is 0 Å². The minimum atomic E-state index is -3.09. The number of hydrogen-bond acceptors (Lipinski definition) is 5. The predicted octanol–water partition coefficient (Wildman–Crippen LogP) is 2.66. The van der Waals surface area contributed by atoms with E-state index in [1.54, 1.807) is 28.9 Å². The van der Waals surface area contributed by atoms with Gasteiger partial charge in [0.25, 0.3) is 5.91 Å². The van der Waals surface area contributed by atoms with Gasteiger partial charge in [-0.25, -0.2) is 13.1 Å². The Labute approximate surface area is 158 Å². The van der Waals surface area contributed by atoms with Gasteiger partial charge in [0.15, 0.2) is 9.84 Å². The average molecular weight is 386 g/mol. The maximum absolute atomic E-state index is 12.7. The van der Waals surface area contributed by atoms with Gasteiger partial charge in [0.2, 0.25) is 0 Å². The van der Waals surface area contributed by atoms with Crippen LogP contribution in [-0.4, -0.2) is 35.6 Å². The van der Waals surface area contributed by atoms with E-state index >= 15 is 0 Å². The minimum absolute atomic E-state index is 0.0189. The van der Waals surface area contributed by atoms with Crippen LogP contribution in [0.1, 0.15) is 54.8 Å². The van der Waals surface area contributed by atoms with Crippen molar-refractivity contribution in [3.8, 4) is 6.07 Å². The van der Waals surface area contributed by atoms with Crippen LogP contribution >= 0.6 is 0 Å². The lowest BCUT2D eigenvalue weighted by atomic mass is 9.92. The molecule has 0 spiro atoms. The van der Waals surface area contributed by atoms with E-state index in [0.29, 0.717) is 23.4 Å². The SMILES string of the molecule is CC(C)(C)c1cc(NC(=O)c2cccc(C#N)c2)n([C@@H]2CCS(=O)(=O)C2)n1. The van der Waals surface area contributed by atoms with E-state index in [9.17, 15) is 13.2 Å². The third-order valence-electron chi connectivity index (χ3n) is 4.55. The second kappa shape index (κ2) is 6.82. The van der Waals surface area contributed by atoms with Gasteiger partial charge in [-0.1, -0.05) is 26.8 Å². The van der Waals surface area contributed by atoms with Crippen molar-refractivity contribution in [1.29, 1.82) is 5.26 Å². The second-order valence-corrected chi connectivity index (χ2v) is 10.0. The summed E-state index contributed by atoms with van der Waals surface area (Å²) in [5.74, 6) is 0.245. The summed E-state index contributed by atoms with van der Waals surface area (Å²) in [6, 6.07) is 9.92. The lowest BCUT2D eigenvalue weighted by Crippen LogP contribution is -2.20. The number of nitriles is 1. The molecule has 1 aromatic carbocycles. The van der Waals surface area contributed by atoms with E-state index in [1.807, 2.05) is 26.8 Å². The van der Waals surface area contributed by atoms with Crippen molar-refractivity contribution < 1.29 is 13.2 Å².